The lowest BCUT2D eigenvalue weighted by atomic mass is 10.1. The molecule has 1 aliphatic carbocycles. The topological polar surface area (TPSA) is 97.4 Å². The second-order valence-electron chi connectivity index (χ2n) is 5.62. The summed E-state index contributed by atoms with van der Waals surface area (Å²) in [5.74, 6) is 0.245. The molecular formula is C16H17N3O4. The molecule has 1 aliphatic rings. The molecule has 1 fully saturated rings. The first-order valence-corrected chi connectivity index (χ1v) is 7.44. The maximum Gasteiger partial charge on any atom is 0.293 e. The second-order valence-corrected chi connectivity index (χ2v) is 5.62. The van der Waals surface area contributed by atoms with Gasteiger partial charge in [-0.2, -0.15) is 0 Å². The molecule has 120 valence electrons. The third-order valence-corrected chi connectivity index (χ3v) is 3.71. The van der Waals surface area contributed by atoms with Gasteiger partial charge in [0.1, 0.15) is 11.4 Å². The minimum absolute atomic E-state index is 0.0878. The smallest absolute Gasteiger partial charge is 0.293 e. The molecule has 1 amide bonds. The molecule has 2 N–H and O–H groups in total. The van der Waals surface area contributed by atoms with Crippen LogP contribution in [-0.4, -0.2) is 16.9 Å². The van der Waals surface area contributed by atoms with Gasteiger partial charge in [-0.1, -0.05) is 0 Å². The zero-order valence-electron chi connectivity index (χ0n) is 12.6. The van der Waals surface area contributed by atoms with E-state index in [1.807, 2.05) is 0 Å². The molecule has 1 aromatic carbocycles. The van der Waals surface area contributed by atoms with Crippen LogP contribution in [0.2, 0.25) is 0 Å². The van der Waals surface area contributed by atoms with Crippen molar-refractivity contribution in [2.24, 2.45) is 0 Å². The Morgan fingerprint density at radius 1 is 1.39 bits per heavy atom. The lowest BCUT2D eigenvalue weighted by molar-refractivity contribution is -0.384. The molecule has 0 aliphatic heterocycles. The van der Waals surface area contributed by atoms with Crippen LogP contribution in [-0.2, 0) is 0 Å². The van der Waals surface area contributed by atoms with E-state index in [2.05, 4.69) is 10.6 Å². The van der Waals surface area contributed by atoms with Crippen molar-refractivity contribution in [3.05, 3.63) is 58.0 Å². The van der Waals surface area contributed by atoms with Crippen LogP contribution in [0, 0.1) is 10.1 Å². The molecule has 2 aromatic rings. The Kier molecular flexibility index (Phi) is 4.01. The molecule has 0 unspecified atom stereocenters. The molecule has 0 bridgehead atoms. The standard InChI is InChI=1S/C16H17N3O4/c1-10(15-3-2-8-23-15)17-16(20)11-4-7-13(18-12-5-6-12)14(9-11)19(21)22/h2-4,7-10,12,18H,5-6H2,1H3,(H,17,20)/t10-/m1/s1. The van der Waals surface area contributed by atoms with E-state index in [-0.39, 0.29) is 23.2 Å². The van der Waals surface area contributed by atoms with Gasteiger partial charge in [0, 0.05) is 17.7 Å². The molecule has 1 aromatic heterocycles. The number of carbonyl (C=O) groups is 1. The number of hydrogen-bond acceptors (Lipinski definition) is 5. The number of nitro groups is 1. The first kappa shape index (κ1) is 15.1. The fraction of sp³-hybridized carbons (Fsp3) is 0.312. The molecule has 7 heteroatoms. The van der Waals surface area contributed by atoms with Crippen LogP contribution in [0.5, 0.6) is 0 Å². The maximum atomic E-state index is 12.3. The Bertz CT molecular complexity index is 723. The van der Waals surface area contributed by atoms with E-state index >= 15 is 0 Å². The van der Waals surface area contributed by atoms with Crippen molar-refractivity contribution in [2.45, 2.75) is 31.8 Å². The van der Waals surface area contributed by atoms with E-state index in [1.165, 1.54) is 12.3 Å². The van der Waals surface area contributed by atoms with Gasteiger partial charge in [-0.25, -0.2) is 0 Å². The number of carbonyl (C=O) groups excluding carboxylic acids is 1. The average Bonchev–Trinajstić information content (AvgIpc) is 3.16. The SMILES string of the molecule is C[C@@H](NC(=O)c1ccc(NC2CC2)c([N+](=O)[O-])c1)c1ccco1. The Labute approximate surface area is 132 Å². The summed E-state index contributed by atoms with van der Waals surface area (Å²) >= 11 is 0. The van der Waals surface area contributed by atoms with Gasteiger partial charge >= 0.3 is 0 Å². The van der Waals surface area contributed by atoms with Crippen LogP contribution < -0.4 is 10.6 Å². The third-order valence-electron chi connectivity index (χ3n) is 3.71. The van der Waals surface area contributed by atoms with Crippen molar-refractivity contribution in [1.29, 1.82) is 0 Å². The maximum absolute atomic E-state index is 12.3. The number of amides is 1. The van der Waals surface area contributed by atoms with E-state index in [4.69, 9.17) is 4.42 Å². The van der Waals surface area contributed by atoms with Crippen molar-refractivity contribution in [2.75, 3.05) is 5.32 Å². The summed E-state index contributed by atoms with van der Waals surface area (Å²) in [5.41, 5.74) is 0.611. The lowest BCUT2D eigenvalue weighted by Crippen LogP contribution is -2.26. The second kappa shape index (κ2) is 6.12. The van der Waals surface area contributed by atoms with Crippen molar-refractivity contribution in [1.82, 2.24) is 5.32 Å². The van der Waals surface area contributed by atoms with Crippen molar-refractivity contribution < 1.29 is 14.1 Å². The fourth-order valence-electron chi connectivity index (χ4n) is 2.28. The summed E-state index contributed by atoms with van der Waals surface area (Å²) < 4.78 is 5.23. The molecule has 0 radical (unpaired) electrons. The van der Waals surface area contributed by atoms with Gasteiger partial charge < -0.3 is 15.1 Å². The van der Waals surface area contributed by atoms with Crippen molar-refractivity contribution in [3.63, 3.8) is 0 Å². The number of rotatable bonds is 6. The molecule has 1 atom stereocenters. The minimum Gasteiger partial charge on any atom is -0.467 e. The van der Waals surface area contributed by atoms with Crippen LogP contribution in [0.1, 0.15) is 41.9 Å². The zero-order chi connectivity index (χ0) is 16.4. The number of anilines is 1. The monoisotopic (exact) mass is 315 g/mol. The summed E-state index contributed by atoms with van der Waals surface area (Å²) in [6.45, 7) is 1.79. The van der Waals surface area contributed by atoms with Crippen molar-refractivity contribution >= 4 is 17.3 Å². The molecule has 0 saturated heterocycles. The third kappa shape index (κ3) is 3.50. The molecule has 23 heavy (non-hydrogen) atoms. The van der Waals surface area contributed by atoms with Crippen LogP contribution >= 0.6 is 0 Å². The molecule has 3 rings (SSSR count). The van der Waals surface area contributed by atoms with E-state index in [1.54, 1.807) is 31.2 Å². The van der Waals surface area contributed by atoms with Gasteiger partial charge in [-0.15, -0.1) is 0 Å². The van der Waals surface area contributed by atoms with Gasteiger partial charge in [-0.3, -0.25) is 14.9 Å². The summed E-state index contributed by atoms with van der Waals surface area (Å²) in [7, 11) is 0. The highest BCUT2D eigenvalue weighted by atomic mass is 16.6. The van der Waals surface area contributed by atoms with Gasteiger partial charge in [0.2, 0.25) is 0 Å². The average molecular weight is 315 g/mol. The summed E-state index contributed by atoms with van der Waals surface area (Å²) in [6.07, 6.45) is 3.56. The van der Waals surface area contributed by atoms with Crippen LogP contribution in [0.15, 0.2) is 41.0 Å². The van der Waals surface area contributed by atoms with Gasteiger partial charge in [-0.05, 0) is 44.0 Å². The normalized spacial score (nSPS) is 15.0. The predicted molar refractivity (Wildman–Crippen MR) is 84.3 cm³/mol. The number of benzene rings is 1. The molecule has 0 spiro atoms. The molecule has 7 nitrogen and oxygen atoms in total. The van der Waals surface area contributed by atoms with Gasteiger partial charge in [0.25, 0.3) is 11.6 Å². The summed E-state index contributed by atoms with van der Waals surface area (Å²) in [6, 6.07) is 7.95. The Balaban J connectivity index is 1.77. The Hall–Kier alpha value is -2.83. The largest absolute Gasteiger partial charge is 0.467 e. The molecule has 1 heterocycles. The van der Waals surface area contributed by atoms with Crippen molar-refractivity contribution in [3.8, 4) is 0 Å². The highest BCUT2D eigenvalue weighted by molar-refractivity contribution is 5.96. The number of furan rings is 1. The van der Waals surface area contributed by atoms with Gasteiger partial charge in [0.15, 0.2) is 0 Å². The molecule has 1 saturated carbocycles. The lowest BCUT2D eigenvalue weighted by Gasteiger charge is -2.12. The van der Waals surface area contributed by atoms with E-state index in [0.29, 0.717) is 17.5 Å². The fourth-order valence-corrected chi connectivity index (χ4v) is 2.28. The summed E-state index contributed by atoms with van der Waals surface area (Å²) in [4.78, 5) is 23.0. The van der Waals surface area contributed by atoms with E-state index in [9.17, 15) is 14.9 Å². The number of nitrogens with one attached hydrogen (secondary N) is 2. The first-order valence-electron chi connectivity index (χ1n) is 7.44. The Morgan fingerprint density at radius 3 is 2.78 bits per heavy atom. The Morgan fingerprint density at radius 2 is 2.17 bits per heavy atom. The first-order chi connectivity index (χ1) is 11.0. The predicted octanol–water partition coefficient (Wildman–Crippen LogP) is 3.25. The minimum atomic E-state index is -0.475. The highest BCUT2D eigenvalue weighted by Crippen LogP contribution is 2.31. The zero-order valence-corrected chi connectivity index (χ0v) is 12.6. The summed E-state index contributed by atoms with van der Waals surface area (Å²) in [5, 5.41) is 17.1. The van der Waals surface area contributed by atoms with E-state index < -0.39 is 4.92 Å². The van der Waals surface area contributed by atoms with Crippen LogP contribution in [0.25, 0.3) is 0 Å². The van der Waals surface area contributed by atoms with Gasteiger partial charge in [0.05, 0.1) is 17.2 Å². The van der Waals surface area contributed by atoms with E-state index in [0.717, 1.165) is 12.8 Å². The van der Waals surface area contributed by atoms with Crippen LogP contribution in [0.4, 0.5) is 11.4 Å². The van der Waals surface area contributed by atoms with Crippen LogP contribution in [0.3, 0.4) is 0 Å². The number of nitro benzene ring substituents is 1. The number of nitrogens with zero attached hydrogens (tertiary/aromatic N) is 1. The molecular weight excluding hydrogens is 298 g/mol. The quantitative estimate of drug-likeness (QED) is 0.630. The highest BCUT2D eigenvalue weighted by Gasteiger charge is 2.25. The number of hydrogen-bond donors (Lipinski definition) is 2.